The second-order valence-corrected chi connectivity index (χ2v) is 6.73. The first-order valence-electron chi connectivity index (χ1n) is 9.99. The molecule has 2 rings (SSSR count). The van der Waals surface area contributed by atoms with Crippen LogP contribution in [0.1, 0.15) is 42.6 Å². The lowest BCUT2D eigenvalue weighted by molar-refractivity contribution is -0.149. The molecule has 1 fully saturated rings. The van der Waals surface area contributed by atoms with Crippen LogP contribution in [0.2, 0.25) is 0 Å². The van der Waals surface area contributed by atoms with Gasteiger partial charge >= 0.3 is 11.9 Å². The second kappa shape index (κ2) is 13.3. The van der Waals surface area contributed by atoms with Crippen molar-refractivity contribution in [2.75, 3.05) is 40.5 Å². The van der Waals surface area contributed by atoms with Gasteiger partial charge in [0.05, 0.1) is 33.3 Å². The highest BCUT2D eigenvalue weighted by molar-refractivity contribution is 14.0. The van der Waals surface area contributed by atoms with Gasteiger partial charge in [-0.3, -0.25) is 4.79 Å². The van der Waals surface area contributed by atoms with Crippen molar-refractivity contribution in [2.24, 2.45) is 10.9 Å². The van der Waals surface area contributed by atoms with Crippen LogP contribution in [0.3, 0.4) is 0 Å². The average molecular weight is 533 g/mol. The fourth-order valence-electron chi connectivity index (χ4n) is 3.33. The molecule has 30 heavy (non-hydrogen) atoms. The summed E-state index contributed by atoms with van der Waals surface area (Å²) in [5, 5.41) is 3.30. The number of carbonyl (C=O) groups excluding carboxylic acids is 2. The summed E-state index contributed by atoms with van der Waals surface area (Å²) in [4.78, 5) is 30.8. The maximum absolute atomic E-state index is 12.1. The number of rotatable bonds is 7. The maximum Gasteiger partial charge on any atom is 0.341 e. The normalized spacial score (nSPS) is 16.3. The summed E-state index contributed by atoms with van der Waals surface area (Å²) in [5.41, 5.74) is 1.28. The first kappa shape index (κ1) is 26.0. The van der Waals surface area contributed by atoms with Crippen molar-refractivity contribution in [1.82, 2.24) is 10.2 Å². The number of halogens is 1. The third kappa shape index (κ3) is 7.03. The van der Waals surface area contributed by atoms with Gasteiger partial charge in [0.15, 0.2) is 5.96 Å². The summed E-state index contributed by atoms with van der Waals surface area (Å²) in [6.07, 6.45) is 1.75. The highest BCUT2D eigenvalue weighted by Crippen LogP contribution is 2.22. The van der Waals surface area contributed by atoms with Crippen LogP contribution in [-0.2, 0) is 20.8 Å². The average Bonchev–Trinajstić information content (AvgIpc) is 2.76. The molecule has 1 aliphatic heterocycles. The van der Waals surface area contributed by atoms with Gasteiger partial charge in [-0.2, -0.15) is 0 Å². The van der Waals surface area contributed by atoms with Gasteiger partial charge in [0.25, 0.3) is 0 Å². The number of carbonyl (C=O) groups is 2. The first-order valence-corrected chi connectivity index (χ1v) is 9.99. The summed E-state index contributed by atoms with van der Waals surface area (Å²) >= 11 is 0. The molecule has 1 heterocycles. The van der Waals surface area contributed by atoms with E-state index in [-0.39, 0.29) is 35.9 Å². The predicted molar refractivity (Wildman–Crippen MR) is 125 cm³/mol. The molecule has 0 saturated carbocycles. The van der Waals surface area contributed by atoms with E-state index in [0.29, 0.717) is 31.0 Å². The molecule has 0 aromatic heterocycles. The van der Waals surface area contributed by atoms with Crippen LogP contribution in [0.5, 0.6) is 5.75 Å². The summed E-state index contributed by atoms with van der Waals surface area (Å²) in [6.45, 7) is 6.81. The smallest absolute Gasteiger partial charge is 0.341 e. The molecule has 1 N–H and O–H groups in total. The number of guanidine groups is 1. The lowest BCUT2D eigenvalue weighted by Crippen LogP contribution is -2.48. The molecule has 1 atom stereocenters. The number of methoxy groups -OCH3 is 2. The summed E-state index contributed by atoms with van der Waals surface area (Å²) in [5.74, 6) is 0.499. The van der Waals surface area contributed by atoms with Crippen LogP contribution >= 0.6 is 24.0 Å². The molecule has 1 aromatic carbocycles. The molecule has 9 heteroatoms. The number of hydrogen-bond donors (Lipinski definition) is 1. The zero-order valence-electron chi connectivity index (χ0n) is 18.1. The Balaban J connectivity index is 0.00000450. The van der Waals surface area contributed by atoms with Crippen LogP contribution in [0.15, 0.2) is 23.2 Å². The van der Waals surface area contributed by atoms with E-state index < -0.39 is 5.97 Å². The standard InChI is InChI=1S/C21H31N3O5.HI/c1-5-22-21(24-11-7-8-16(14-24)19(25)29-6-2)23-13-15-9-10-17(20(26)28-4)18(12-15)27-3;/h9-10,12,16H,5-8,11,13-14H2,1-4H3,(H,22,23);1H/t16-;/m1./s1. The molecule has 0 radical (unpaired) electrons. The minimum atomic E-state index is -0.441. The zero-order valence-corrected chi connectivity index (χ0v) is 20.4. The van der Waals surface area contributed by atoms with Crippen molar-refractivity contribution < 1.29 is 23.8 Å². The number of nitrogens with zero attached hydrogens (tertiary/aromatic N) is 2. The van der Waals surface area contributed by atoms with Crippen molar-refractivity contribution in [1.29, 1.82) is 0 Å². The fraction of sp³-hybridized carbons (Fsp3) is 0.571. The maximum atomic E-state index is 12.1. The van der Waals surface area contributed by atoms with Gasteiger partial charge in [0, 0.05) is 19.6 Å². The van der Waals surface area contributed by atoms with Crippen LogP contribution in [0, 0.1) is 5.92 Å². The Bertz CT molecular complexity index is 741. The summed E-state index contributed by atoms with van der Waals surface area (Å²) in [7, 11) is 2.85. The first-order chi connectivity index (χ1) is 14.0. The lowest BCUT2D eigenvalue weighted by Gasteiger charge is -2.34. The Hall–Kier alpha value is -2.04. The zero-order chi connectivity index (χ0) is 21.2. The number of aliphatic imine (C=N–C) groups is 1. The highest BCUT2D eigenvalue weighted by atomic mass is 127. The van der Waals surface area contributed by atoms with Gasteiger partial charge in [-0.1, -0.05) is 6.07 Å². The largest absolute Gasteiger partial charge is 0.496 e. The molecule has 1 aromatic rings. The van der Waals surface area contributed by atoms with Gasteiger partial charge in [-0.25, -0.2) is 9.79 Å². The third-order valence-electron chi connectivity index (χ3n) is 4.76. The molecular formula is C21H32IN3O5. The molecule has 0 bridgehead atoms. The van der Waals surface area contributed by atoms with E-state index in [2.05, 4.69) is 10.2 Å². The van der Waals surface area contributed by atoms with E-state index in [4.69, 9.17) is 19.2 Å². The summed E-state index contributed by atoms with van der Waals surface area (Å²) in [6, 6.07) is 5.30. The minimum Gasteiger partial charge on any atom is -0.496 e. The number of benzene rings is 1. The van der Waals surface area contributed by atoms with E-state index in [1.165, 1.54) is 14.2 Å². The van der Waals surface area contributed by atoms with Crippen LogP contribution in [0.4, 0.5) is 0 Å². The lowest BCUT2D eigenvalue weighted by atomic mass is 9.98. The quantitative estimate of drug-likeness (QED) is 0.250. The summed E-state index contributed by atoms with van der Waals surface area (Å²) < 4.78 is 15.3. The van der Waals surface area contributed by atoms with E-state index in [1.54, 1.807) is 12.1 Å². The van der Waals surface area contributed by atoms with Crippen LogP contribution in [-0.4, -0.2) is 63.3 Å². The monoisotopic (exact) mass is 533 g/mol. The van der Waals surface area contributed by atoms with Crippen molar-refractivity contribution >= 4 is 41.9 Å². The number of ether oxygens (including phenoxy) is 3. The molecule has 8 nitrogen and oxygen atoms in total. The molecule has 0 unspecified atom stereocenters. The van der Waals surface area contributed by atoms with Crippen molar-refractivity contribution in [3.63, 3.8) is 0 Å². The van der Waals surface area contributed by atoms with Crippen molar-refractivity contribution in [3.8, 4) is 5.75 Å². The van der Waals surface area contributed by atoms with Gasteiger partial charge in [0.2, 0.25) is 0 Å². The molecule has 0 spiro atoms. The number of likely N-dealkylation sites (tertiary alicyclic amines) is 1. The van der Waals surface area contributed by atoms with Crippen LogP contribution in [0.25, 0.3) is 0 Å². The van der Waals surface area contributed by atoms with Gasteiger partial charge < -0.3 is 24.4 Å². The van der Waals surface area contributed by atoms with Crippen molar-refractivity contribution in [3.05, 3.63) is 29.3 Å². The van der Waals surface area contributed by atoms with Gasteiger partial charge in [-0.15, -0.1) is 24.0 Å². The van der Waals surface area contributed by atoms with Crippen LogP contribution < -0.4 is 10.1 Å². The highest BCUT2D eigenvalue weighted by Gasteiger charge is 2.28. The van der Waals surface area contributed by atoms with E-state index in [1.807, 2.05) is 19.9 Å². The van der Waals surface area contributed by atoms with Crippen molar-refractivity contribution in [2.45, 2.75) is 33.2 Å². The predicted octanol–water partition coefficient (Wildman–Crippen LogP) is 2.84. The van der Waals surface area contributed by atoms with Gasteiger partial charge in [0.1, 0.15) is 11.3 Å². The topological polar surface area (TPSA) is 89.5 Å². The Kier molecular flexibility index (Phi) is 11.5. The Morgan fingerprint density at radius 2 is 2.03 bits per heavy atom. The molecule has 0 aliphatic carbocycles. The molecule has 1 saturated heterocycles. The number of piperidine rings is 1. The Morgan fingerprint density at radius 3 is 2.67 bits per heavy atom. The minimum absolute atomic E-state index is 0. The molecule has 1 aliphatic rings. The molecule has 0 amide bonds. The second-order valence-electron chi connectivity index (χ2n) is 6.73. The Labute approximate surface area is 195 Å². The number of nitrogens with one attached hydrogen (secondary N) is 1. The molecule has 168 valence electrons. The molecular weight excluding hydrogens is 501 g/mol. The van der Waals surface area contributed by atoms with E-state index in [0.717, 1.165) is 37.5 Å². The van der Waals surface area contributed by atoms with E-state index >= 15 is 0 Å². The number of esters is 2. The fourth-order valence-corrected chi connectivity index (χ4v) is 3.33. The van der Waals surface area contributed by atoms with Gasteiger partial charge in [-0.05, 0) is 44.4 Å². The number of hydrogen-bond acceptors (Lipinski definition) is 6. The SMILES string of the molecule is CCNC(=NCc1ccc(C(=O)OC)c(OC)c1)N1CCC[C@@H](C(=O)OCC)C1.I. The Morgan fingerprint density at radius 1 is 1.27 bits per heavy atom. The third-order valence-corrected chi connectivity index (χ3v) is 4.76. The van der Waals surface area contributed by atoms with E-state index in [9.17, 15) is 9.59 Å².